The standard InChI is InChI=1S/C14H17N3O3S/c1-9-15-12-7-10(3-4-13(12)17(9)2)14(18)16-11-5-6-21(19,20)8-11/h3-4,7,11H,5-6,8H2,1-2H3,(H,16,18). The Balaban J connectivity index is 1.82. The molecule has 2 heterocycles. The lowest BCUT2D eigenvalue weighted by molar-refractivity contribution is 0.0941. The van der Waals surface area contributed by atoms with E-state index in [2.05, 4.69) is 10.3 Å². The van der Waals surface area contributed by atoms with Crippen LogP contribution in [0.15, 0.2) is 18.2 Å². The molecule has 112 valence electrons. The highest BCUT2D eigenvalue weighted by Crippen LogP contribution is 2.17. The van der Waals surface area contributed by atoms with Gasteiger partial charge in [-0.1, -0.05) is 0 Å². The van der Waals surface area contributed by atoms with Crippen molar-refractivity contribution in [3.8, 4) is 0 Å². The van der Waals surface area contributed by atoms with Crippen LogP contribution in [-0.2, 0) is 16.9 Å². The van der Waals surface area contributed by atoms with E-state index in [4.69, 9.17) is 0 Å². The van der Waals surface area contributed by atoms with Crippen LogP contribution in [0.3, 0.4) is 0 Å². The van der Waals surface area contributed by atoms with Crippen LogP contribution in [0.25, 0.3) is 11.0 Å². The molecule has 1 aliphatic heterocycles. The van der Waals surface area contributed by atoms with E-state index in [0.717, 1.165) is 16.9 Å². The number of benzene rings is 1. The SMILES string of the molecule is Cc1nc2cc(C(=O)NC3CCS(=O)(=O)C3)ccc2n1C. The number of hydrogen-bond acceptors (Lipinski definition) is 4. The zero-order chi connectivity index (χ0) is 15.2. The van der Waals surface area contributed by atoms with Gasteiger partial charge in [0.05, 0.1) is 22.5 Å². The van der Waals surface area contributed by atoms with Crippen LogP contribution in [0.2, 0.25) is 0 Å². The summed E-state index contributed by atoms with van der Waals surface area (Å²) in [6.07, 6.45) is 0.485. The monoisotopic (exact) mass is 307 g/mol. The van der Waals surface area contributed by atoms with Crippen molar-refractivity contribution in [2.45, 2.75) is 19.4 Å². The molecule has 1 amide bonds. The van der Waals surface area contributed by atoms with E-state index in [9.17, 15) is 13.2 Å². The fourth-order valence-electron chi connectivity index (χ4n) is 2.64. The summed E-state index contributed by atoms with van der Waals surface area (Å²) < 4.78 is 24.8. The number of hydrogen-bond donors (Lipinski definition) is 1. The van der Waals surface area contributed by atoms with Gasteiger partial charge in [-0.05, 0) is 31.5 Å². The van der Waals surface area contributed by atoms with Gasteiger partial charge in [0, 0.05) is 18.7 Å². The molecule has 0 aliphatic carbocycles. The molecule has 1 aliphatic rings. The zero-order valence-corrected chi connectivity index (χ0v) is 12.8. The predicted octanol–water partition coefficient (Wildman–Crippen LogP) is 0.799. The maximum Gasteiger partial charge on any atom is 0.251 e. The van der Waals surface area contributed by atoms with Gasteiger partial charge in [0.25, 0.3) is 5.91 Å². The van der Waals surface area contributed by atoms with Gasteiger partial charge in [-0.25, -0.2) is 13.4 Å². The van der Waals surface area contributed by atoms with Gasteiger partial charge < -0.3 is 9.88 Å². The molecule has 1 saturated heterocycles. The second kappa shape index (κ2) is 4.84. The average Bonchev–Trinajstić information content (AvgIpc) is 2.90. The number of carbonyl (C=O) groups is 1. The van der Waals surface area contributed by atoms with Crippen molar-refractivity contribution in [1.82, 2.24) is 14.9 Å². The Morgan fingerprint density at radius 1 is 1.43 bits per heavy atom. The fourth-order valence-corrected chi connectivity index (χ4v) is 4.31. The highest BCUT2D eigenvalue weighted by molar-refractivity contribution is 7.91. The van der Waals surface area contributed by atoms with Gasteiger partial charge in [-0.2, -0.15) is 0 Å². The number of carbonyl (C=O) groups excluding carboxylic acids is 1. The van der Waals surface area contributed by atoms with Crippen molar-refractivity contribution in [3.63, 3.8) is 0 Å². The lowest BCUT2D eigenvalue weighted by atomic mass is 10.1. The van der Waals surface area contributed by atoms with Crippen molar-refractivity contribution in [2.24, 2.45) is 7.05 Å². The topological polar surface area (TPSA) is 81.1 Å². The maximum atomic E-state index is 12.2. The number of nitrogens with zero attached hydrogens (tertiary/aromatic N) is 2. The fraction of sp³-hybridized carbons (Fsp3) is 0.429. The second-order valence-electron chi connectivity index (χ2n) is 5.49. The van der Waals surface area contributed by atoms with Crippen LogP contribution in [-0.4, -0.2) is 41.4 Å². The number of nitrogens with one attached hydrogen (secondary N) is 1. The third-order valence-corrected chi connectivity index (χ3v) is 5.70. The van der Waals surface area contributed by atoms with Crippen LogP contribution >= 0.6 is 0 Å². The quantitative estimate of drug-likeness (QED) is 0.890. The van der Waals surface area contributed by atoms with Crippen LogP contribution in [0.1, 0.15) is 22.6 Å². The van der Waals surface area contributed by atoms with Crippen LogP contribution in [0.4, 0.5) is 0 Å². The Hall–Kier alpha value is -1.89. The molecule has 0 spiro atoms. The van der Waals surface area contributed by atoms with Crippen LogP contribution in [0.5, 0.6) is 0 Å². The van der Waals surface area contributed by atoms with E-state index < -0.39 is 9.84 Å². The molecule has 7 heteroatoms. The van der Waals surface area contributed by atoms with Gasteiger partial charge in [-0.3, -0.25) is 4.79 Å². The number of imidazole rings is 1. The van der Waals surface area contributed by atoms with E-state index in [1.165, 1.54) is 0 Å². The minimum Gasteiger partial charge on any atom is -0.348 e. The van der Waals surface area contributed by atoms with Crippen LogP contribution in [0, 0.1) is 6.92 Å². The van der Waals surface area contributed by atoms with Gasteiger partial charge in [-0.15, -0.1) is 0 Å². The minimum absolute atomic E-state index is 0.0314. The molecule has 1 atom stereocenters. The van der Waals surface area contributed by atoms with Gasteiger partial charge in [0.2, 0.25) is 0 Å². The van der Waals surface area contributed by atoms with Crippen molar-refractivity contribution in [1.29, 1.82) is 0 Å². The number of fused-ring (bicyclic) bond motifs is 1. The largest absolute Gasteiger partial charge is 0.348 e. The average molecular weight is 307 g/mol. The highest BCUT2D eigenvalue weighted by atomic mass is 32.2. The molecule has 0 saturated carbocycles. The van der Waals surface area contributed by atoms with Crippen LogP contribution < -0.4 is 5.32 Å². The van der Waals surface area contributed by atoms with E-state index in [1.807, 2.05) is 24.6 Å². The molecule has 3 rings (SSSR count). The predicted molar refractivity (Wildman–Crippen MR) is 80.0 cm³/mol. The second-order valence-corrected chi connectivity index (χ2v) is 7.72. The number of rotatable bonds is 2. The third kappa shape index (κ3) is 2.65. The normalized spacial score (nSPS) is 20.8. The molecule has 1 fully saturated rings. The lowest BCUT2D eigenvalue weighted by Gasteiger charge is -2.10. The summed E-state index contributed by atoms with van der Waals surface area (Å²) in [4.78, 5) is 16.6. The molecule has 0 bridgehead atoms. The van der Waals surface area contributed by atoms with Crippen molar-refractivity contribution in [3.05, 3.63) is 29.6 Å². The summed E-state index contributed by atoms with van der Waals surface area (Å²) in [6.45, 7) is 1.91. The smallest absolute Gasteiger partial charge is 0.251 e. The third-order valence-electron chi connectivity index (χ3n) is 3.93. The van der Waals surface area contributed by atoms with E-state index >= 15 is 0 Å². The Kier molecular flexibility index (Phi) is 3.24. The first-order valence-electron chi connectivity index (χ1n) is 6.80. The minimum atomic E-state index is -2.99. The molecule has 1 aromatic carbocycles. The first-order chi connectivity index (χ1) is 9.85. The van der Waals surface area contributed by atoms with Crippen molar-refractivity contribution < 1.29 is 13.2 Å². The Morgan fingerprint density at radius 3 is 2.86 bits per heavy atom. The maximum absolute atomic E-state index is 12.2. The molecule has 6 nitrogen and oxygen atoms in total. The molecule has 1 N–H and O–H groups in total. The Morgan fingerprint density at radius 2 is 2.19 bits per heavy atom. The van der Waals surface area contributed by atoms with E-state index in [0.29, 0.717) is 12.0 Å². The van der Waals surface area contributed by atoms with E-state index in [-0.39, 0.29) is 23.5 Å². The van der Waals surface area contributed by atoms with Gasteiger partial charge in [0.1, 0.15) is 5.82 Å². The van der Waals surface area contributed by atoms with Gasteiger partial charge >= 0.3 is 0 Å². The molecule has 2 aromatic rings. The summed E-state index contributed by atoms with van der Waals surface area (Å²) >= 11 is 0. The Bertz CT molecular complexity index is 823. The molecule has 21 heavy (non-hydrogen) atoms. The summed E-state index contributed by atoms with van der Waals surface area (Å²) in [7, 11) is -1.07. The Labute approximate surface area is 123 Å². The number of amides is 1. The van der Waals surface area contributed by atoms with Crippen molar-refractivity contribution in [2.75, 3.05) is 11.5 Å². The van der Waals surface area contributed by atoms with Crippen molar-refractivity contribution >= 4 is 26.8 Å². The summed E-state index contributed by atoms with van der Waals surface area (Å²) in [5.74, 6) is 0.812. The molecule has 1 aromatic heterocycles. The van der Waals surface area contributed by atoms with E-state index in [1.54, 1.807) is 12.1 Å². The summed E-state index contributed by atoms with van der Waals surface area (Å²) in [6, 6.07) is 5.04. The summed E-state index contributed by atoms with van der Waals surface area (Å²) in [5.41, 5.74) is 2.24. The summed E-state index contributed by atoms with van der Waals surface area (Å²) in [5, 5.41) is 2.78. The first kappa shape index (κ1) is 14.1. The molecule has 0 radical (unpaired) electrons. The zero-order valence-electron chi connectivity index (χ0n) is 12.0. The molecular weight excluding hydrogens is 290 g/mol. The van der Waals surface area contributed by atoms with Gasteiger partial charge in [0.15, 0.2) is 9.84 Å². The number of aromatic nitrogens is 2. The number of sulfone groups is 1. The highest BCUT2D eigenvalue weighted by Gasteiger charge is 2.29. The lowest BCUT2D eigenvalue weighted by Crippen LogP contribution is -2.35. The molecule has 1 unspecified atom stereocenters. The first-order valence-corrected chi connectivity index (χ1v) is 8.62. The number of aryl methyl sites for hydroxylation is 2. The molecular formula is C14H17N3O3S.